The van der Waals surface area contributed by atoms with Crippen LogP contribution in [0.15, 0.2) is 42.6 Å². The third-order valence-corrected chi connectivity index (χ3v) is 3.07. The van der Waals surface area contributed by atoms with Crippen LogP contribution in [0.3, 0.4) is 0 Å². The number of carbonyl (C=O) groups excluding carboxylic acids is 2. The molecule has 126 valence electrons. The average Bonchev–Trinajstić information content (AvgIpc) is 2.48. The Labute approximate surface area is 140 Å². The van der Waals surface area contributed by atoms with Crippen molar-refractivity contribution in [3.05, 3.63) is 48.3 Å². The van der Waals surface area contributed by atoms with Crippen molar-refractivity contribution in [3.8, 4) is 5.75 Å². The summed E-state index contributed by atoms with van der Waals surface area (Å²) >= 11 is 0. The molecule has 1 aromatic heterocycles. The molecule has 0 bridgehead atoms. The maximum Gasteiger partial charge on any atom is 0.324 e. The number of nitrogens with zero attached hydrogens (tertiary/aromatic N) is 2. The molecule has 0 saturated carbocycles. The monoisotopic (exact) mass is 328 g/mol. The first-order chi connectivity index (χ1) is 11.2. The fraction of sp³-hybridized carbons (Fsp3) is 0.235. The van der Waals surface area contributed by atoms with E-state index in [1.165, 1.54) is 24.4 Å². The number of hydrogen-bond acceptors (Lipinski definition) is 4. The molecular formula is C17H20N4O3. The van der Waals surface area contributed by atoms with Crippen LogP contribution in [0.4, 0.5) is 16.2 Å². The first kappa shape index (κ1) is 17.3. The Morgan fingerprint density at radius 1 is 1.21 bits per heavy atom. The zero-order valence-electron chi connectivity index (χ0n) is 13.8. The number of anilines is 2. The Kier molecular flexibility index (Phi) is 4.73. The largest absolute Gasteiger partial charge is 0.506 e. The van der Waals surface area contributed by atoms with Gasteiger partial charge in [0.25, 0.3) is 5.91 Å². The van der Waals surface area contributed by atoms with Crippen LogP contribution >= 0.6 is 0 Å². The first-order valence-electron chi connectivity index (χ1n) is 7.35. The van der Waals surface area contributed by atoms with E-state index < -0.39 is 11.6 Å². The summed E-state index contributed by atoms with van der Waals surface area (Å²) in [5.74, 6) is -0.472. The zero-order chi connectivity index (χ0) is 17.9. The third kappa shape index (κ3) is 4.01. The van der Waals surface area contributed by atoms with Gasteiger partial charge in [0.2, 0.25) is 0 Å². The van der Waals surface area contributed by atoms with Gasteiger partial charge < -0.3 is 16.2 Å². The van der Waals surface area contributed by atoms with Crippen molar-refractivity contribution in [1.29, 1.82) is 0 Å². The molecule has 0 saturated heterocycles. The van der Waals surface area contributed by atoms with Gasteiger partial charge >= 0.3 is 6.03 Å². The van der Waals surface area contributed by atoms with E-state index in [0.717, 1.165) is 4.90 Å². The first-order valence-corrected chi connectivity index (χ1v) is 7.35. The summed E-state index contributed by atoms with van der Waals surface area (Å²) < 4.78 is 0. The smallest absolute Gasteiger partial charge is 0.324 e. The minimum absolute atomic E-state index is 0.103. The second kappa shape index (κ2) is 6.57. The quantitative estimate of drug-likeness (QED) is 0.804. The average molecular weight is 328 g/mol. The predicted molar refractivity (Wildman–Crippen MR) is 91.3 cm³/mol. The molecule has 0 aliphatic rings. The Hall–Kier alpha value is -3.09. The molecule has 4 N–H and O–H groups in total. The van der Waals surface area contributed by atoms with Crippen molar-refractivity contribution in [2.45, 2.75) is 26.3 Å². The molecule has 1 aromatic carbocycles. The number of pyridine rings is 1. The molecule has 7 heteroatoms. The number of benzene rings is 1. The maximum absolute atomic E-state index is 12.3. The molecule has 7 nitrogen and oxygen atoms in total. The second-order valence-electron chi connectivity index (χ2n) is 6.27. The summed E-state index contributed by atoms with van der Waals surface area (Å²) in [6.45, 7) is 5.56. The van der Waals surface area contributed by atoms with Gasteiger partial charge in [0.1, 0.15) is 11.4 Å². The van der Waals surface area contributed by atoms with Crippen molar-refractivity contribution in [2.75, 3.05) is 4.90 Å². The molecule has 2 rings (SSSR count). The zero-order valence-corrected chi connectivity index (χ0v) is 13.8. The van der Waals surface area contributed by atoms with Crippen LogP contribution in [-0.4, -0.2) is 27.6 Å². The summed E-state index contributed by atoms with van der Waals surface area (Å²) in [4.78, 5) is 29.3. The van der Waals surface area contributed by atoms with E-state index >= 15 is 0 Å². The van der Waals surface area contributed by atoms with E-state index in [1.807, 2.05) is 20.8 Å². The van der Waals surface area contributed by atoms with Crippen molar-refractivity contribution in [3.63, 3.8) is 0 Å². The second-order valence-corrected chi connectivity index (χ2v) is 6.27. The molecule has 0 spiro atoms. The van der Waals surface area contributed by atoms with E-state index in [2.05, 4.69) is 10.3 Å². The number of phenolic OH excluding ortho intramolecular Hbond substituents is 1. The van der Waals surface area contributed by atoms with Gasteiger partial charge in [-0.25, -0.2) is 4.79 Å². The van der Waals surface area contributed by atoms with Crippen molar-refractivity contribution in [1.82, 2.24) is 10.3 Å². The summed E-state index contributed by atoms with van der Waals surface area (Å²) in [5.41, 5.74) is 5.73. The van der Waals surface area contributed by atoms with Gasteiger partial charge in [0, 0.05) is 11.7 Å². The third-order valence-electron chi connectivity index (χ3n) is 3.07. The van der Waals surface area contributed by atoms with Crippen LogP contribution in [0.2, 0.25) is 0 Å². The van der Waals surface area contributed by atoms with Crippen molar-refractivity contribution >= 4 is 23.3 Å². The lowest BCUT2D eigenvalue weighted by Crippen LogP contribution is -2.41. The minimum Gasteiger partial charge on any atom is -0.506 e. The molecule has 0 atom stereocenters. The number of para-hydroxylation sites is 2. The number of phenols is 1. The number of primary amides is 1. The molecule has 0 aliphatic heterocycles. The molecule has 2 aromatic rings. The maximum atomic E-state index is 12.3. The van der Waals surface area contributed by atoms with E-state index in [1.54, 1.807) is 18.2 Å². The fourth-order valence-corrected chi connectivity index (χ4v) is 2.13. The van der Waals surface area contributed by atoms with Gasteiger partial charge in [0.05, 0.1) is 11.4 Å². The lowest BCUT2D eigenvalue weighted by Gasteiger charge is -2.23. The topological polar surface area (TPSA) is 109 Å². The van der Waals surface area contributed by atoms with E-state index in [9.17, 15) is 14.7 Å². The Morgan fingerprint density at radius 2 is 1.88 bits per heavy atom. The number of amides is 3. The SMILES string of the molecule is CC(C)(C)NC(=O)c1cc(N(C(N)=O)c2ccccc2O)ccn1. The summed E-state index contributed by atoms with van der Waals surface area (Å²) in [7, 11) is 0. The van der Waals surface area contributed by atoms with Gasteiger partial charge in [-0.15, -0.1) is 0 Å². The Morgan fingerprint density at radius 3 is 2.46 bits per heavy atom. The van der Waals surface area contributed by atoms with Crippen LogP contribution in [0.1, 0.15) is 31.3 Å². The number of carbonyl (C=O) groups is 2. The van der Waals surface area contributed by atoms with Crippen molar-refractivity contribution < 1.29 is 14.7 Å². The van der Waals surface area contributed by atoms with Crippen molar-refractivity contribution in [2.24, 2.45) is 5.73 Å². The van der Waals surface area contributed by atoms with Crippen LogP contribution in [0, 0.1) is 0 Å². The molecule has 3 amide bonds. The number of aromatic hydroxyl groups is 1. The van der Waals surface area contributed by atoms with Gasteiger partial charge in [0.15, 0.2) is 0 Å². The normalized spacial score (nSPS) is 11.0. The van der Waals surface area contributed by atoms with Gasteiger partial charge in [-0.2, -0.15) is 0 Å². The number of rotatable bonds is 3. The Balaban J connectivity index is 2.43. The van der Waals surface area contributed by atoms with Crippen LogP contribution in [0.25, 0.3) is 0 Å². The molecule has 0 radical (unpaired) electrons. The van der Waals surface area contributed by atoms with Crippen LogP contribution in [0.5, 0.6) is 5.75 Å². The van der Waals surface area contributed by atoms with E-state index in [-0.39, 0.29) is 23.0 Å². The number of nitrogens with two attached hydrogens (primary N) is 1. The van der Waals surface area contributed by atoms with E-state index in [0.29, 0.717) is 5.69 Å². The fourth-order valence-electron chi connectivity index (χ4n) is 2.13. The highest BCUT2D eigenvalue weighted by Gasteiger charge is 2.21. The summed E-state index contributed by atoms with van der Waals surface area (Å²) in [5, 5.41) is 12.8. The van der Waals surface area contributed by atoms with E-state index in [4.69, 9.17) is 5.73 Å². The highest BCUT2D eigenvalue weighted by Crippen LogP contribution is 2.32. The highest BCUT2D eigenvalue weighted by molar-refractivity contribution is 6.01. The van der Waals surface area contributed by atoms with Crippen LogP contribution < -0.4 is 16.0 Å². The molecule has 0 aliphatic carbocycles. The molecular weight excluding hydrogens is 308 g/mol. The molecule has 0 unspecified atom stereocenters. The van der Waals surface area contributed by atoms with Gasteiger partial charge in [-0.1, -0.05) is 12.1 Å². The lowest BCUT2D eigenvalue weighted by molar-refractivity contribution is 0.0914. The summed E-state index contributed by atoms with van der Waals surface area (Å²) in [6.07, 6.45) is 1.41. The molecule has 24 heavy (non-hydrogen) atoms. The van der Waals surface area contributed by atoms with Gasteiger partial charge in [-0.05, 0) is 45.0 Å². The van der Waals surface area contributed by atoms with Gasteiger partial charge in [-0.3, -0.25) is 14.7 Å². The molecule has 1 heterocycles. The summed E-state index contributed by atoms with van der Waals surface area (Å²) in [6, 6.07) is 8.48. The lowest BCUT2D eigenvalue weighted by atomic mass is 10.1. The highest BCUT2D eigenvalue weighted by atomic mass is 16.3. The number of urea groups is 1. The van der Waals surface area contributed by atoms with Crippen LogP contribution in [-0.2, 0) is 0 Å². The number of hydrogen-bond donors (Lipinski definition) is 3. The Bertz CT molecular complexity index is 768. The minimum atomic E-state index is -0.787. The predicted octanol–water partition coefficient (Wildman–Crippen LogP) is 2.53. The standard InChI is InChI=1S/C17H20N4O3/c1-17(2,3)20-15(23)12-10-11(8-9-19-12)21(16(18)24)13-6-4-5-7-14(13)22/h4-10,22H,1-3H3,(H2,18,24)(H,20,23). The number of nitrogens with one attached hydrogen (secondary N) is 1. The number of aromatic nitrogens is 1. The molecule has 0 fully saturated rings.